The van der Waals surface area contributed by atoms with Crippen LogP contribution in [0.2, 0.25) is 5.04 Å². The number of hydrogen-bond donors (Lipinski definition) is 0. The molecule has 158 valence electrons. The SMILES string of the molecule is CC(C)(C)[Si](N=[S@](=O)(c1ccccc1)C(C)(C)C)(c1ccccc1)c1ccccc1. The molecule has 30 heavy (non-hydrogen) atoms. The predicted molar refractivity (Wildman–Crippen MR) is 133 cm³/mol. The lowest BCUT2D eigenvalue weighted by Crippen LogP contribution is -2.64. The Balaban J connectivity index is 2.54. The molecular weight excluding hydrogens is 402 g/mol. The Kier molecular flexibility index (Phi) is 6.12. The van der Waals surface area contributed by atoms with Crippen LogP contribution in [0.5, 0.6) is 0 Å². The van der Waals surface area contributed by atoms with Crippen molar-refractivity contribution in [1.82, 2.24) is 0 Å². The van der Waals surface area contributed by atoms with Gasteiger partial charge in [-0.05, 0) is 48.3 Å². The Labute approximate surface area is 183 Å². The van der Waals surface area contributed by atoms with Gasteiger partial charge in [-0.25, -0.2) is 4.21 Å². The molecule has 2 nitrogen and oxygen atoms in total. The molecule has 3 aromatic carbocycles. The monoisotopic (exact) mass is 435 g/mol. The van der Waals surface area contributed by atoms with Crippen molar-refractivity contribution in [1.29, 1.82) is 0 Å². The minimum Gasteiger partial charge on any atom is -0.261 e. The Bertz CT molecular complexity index is 1050. The summed E-state index contributed by atoms with van der Waals surface area (Å²) in [5.41, 5.74) is 0. The first-order chi connectivity index (χ1) is 14.0. The zero-order valence-electron chi connectivity index (χ0n) is 18.9. The van der Waals surface area contributed by atoms with Crippen LogP contribution in [0.15, 0.2) is 99.9 Å². The van der Waals surface area contributed by atoms with Gasteiger partial charge in [-0.15, -0.1) is 0 Å². The van der Waals surface area contributed by atoms with E-state index in [2.05, 4.69) is 69.3 Å². The number of nitrogens with zero attached hydrogens (tertiary/aromatic N) is 1. The van der Waals surface area contributed by atoms with Gasteiger partial charge in [0.05, 0.1) is 9.73 Å². The zero-order chi connectivity index (χ0) is 22.0. The first-order valence-electron chi connectivity index (χ1n) is 10.5. The van der Waals surface area contributed by atoms with Crippen LogP contribution in [0.25, 0.3) is 0 Å². The highest BCUT2D eigenvalue weighted by Gasteiger charge is 2.51. The topological polar surface area (TPSA) is 29.4 Å². The first kappa shape index (κ1) is 22.5. The summed E-state index contributed by atoms with van der Waals surface area (Å²) >= 11 is 0. The van der Waals surface area contributed by atoms with Crippen LogP contribution in [0.1, 0.15) is 41.5 Å². The lowest BCUT2D eigenvalue weighted by atomic mass is 10.2. The second-order valence-corrected chi connectivity index (χ2v) is 17.3. The van der Waals surface area contributed by atoms with Crippen LogP contribution in [0.3, 0.4) is 0 Å². The smallest absolute Gasteiger partial charge is 0.260 e. The maximum atomic E-state index is 14.9. The molecule has 4 heteroatoms. The third kappa shape index (κ3) is 3.91. The van der Waals surface area contributed by atoms with E-state index in [-0.39, 0.29) is 5.04 Å². The fraction of sp³-hybridized carbons (Fsp3) is 0.308. The van der Waals surface area contributed by atoms with E-state index < -0.39 is 22.7 Å². The van der Waals surface area contributed by atoms with E-state index in [0.29, 0.717) is 0 Å². The summed E-state index contributed by atoms with van der Waals surface area (Å²) in [6.07, 6.45) is 0. The first-order valence-corrected chi connectivity index (χ1v) is 13.9. The Hall–Kier alpha value is -2.17. The van der Waals surface area contributed by atoms with E-state index in [4.69, 9.17) is 4.03 Å². The second kappa shape index (κ2) is 8.16. The van der Waals surface area contributed by atoms with Gasteiger partial charge in [-0.2, -0.15) is 0 Å². The molecule has 0 saturated heterocycles. The van der Waals surface area contributed by atoms with Gasteiger partial charge >= 0.3 is 0 Å². The van der Waals surface area contributed by atoms with Gasteiger partial charge < -0.3 is 0 Å². The van der Waals surface area contributed by atoms with Crippen LogP contribution in [0, 0.1) is 0 Å². The van der Waals surface area contributed by atoms with E-state index in [9.17, 15) is 4.21 Å². The van der Waals surface area contributed by atoms with Crippen molar-refractivity contribution in [3.63, 3.8) is 0 Å². The normalized spacial score (nSPS) is 14.7. The molecule has 0 aliphatic carbocycles. The minimum absolute atomic E-state index is 0.182. The molecule has 0 N–H and O–H groups in total. The number of benzene rings is 3. The van der Waals surface area contributed by atoms with E-state index in [0.717, 1.165) is 4.90 Å². The largest absolute Gasteiger partial charge is 0.261 e. The van der Waals surface area contributed by atoms with Crippen LogP contribution in [-0.4, -0.2) is 17.2 Å². The van der Waals surface area contributed by atoms with Crippen molar-refractivity contribution in [2.75, 3.05) is 0 Å². The molecule has 0 aliphatic heterocycles. The van der Waals surface area contributed by atoms with Crippen molar-refractivity contribution >= 4 is 28.3 Å². The maximum absolute atomic E-state index is 14.9. The molecule has 0 amide bonds. The van der Waals surface area contributed by atoms with E-state index in [1.165, 1.54) is 10.4 Å². The van der Waals surface area contributed by atoms with E-state index in [1.807, 2.05) is 63.2 Å². The molecule has 0 aliphatic rings. The fourth-order valence-corrected chi connectivity index (χ4v) is 13.6. The van der Waals surface area contributed by atoms with Gasteiger partial charge in [0, 0.05) is 9.64 Å². The highest BCUT2D eigenvalue weighted by molar-refractivity contribution is 7.95. The van der Waals surface area contributed by atoms with Gasteiger partial charge in [-0.3, -0.25) is 4.03 Å². The summed E-state index contributed by atoms with van der Waals surface area (Å²) in [7, 11) is -5.56. The average molecular weight is 436 g/mol. The quantitative estimate of drug-likeness (QED) is 0.471. The van der Waals surface area contributed by atoms with Crippen molar-refractivity contribution in [3.8, 4) is 0 Å². The Morgan fingerprint density at radius 1 is 0.633 bits per heavy atom. The van der Waals surface area contributed by atoms with Gasteiger partial charge in [-0.1, -0.05) is 99.6 Å². The summed E-state index contributed by atoms with van der Waals surface area (Å²) in [5, 5.41) is 2.20. The highest BCUT2D eigenvalue weighted by atomic mass is 32.2. The number of hydrogen-bond acceptors (Lipinski definition) is 2. The standard InChI is InChI=1S/C26H33NOSSi/c1-25(2,3)29(28,22-16-10-7-11-17-22)27-30(26(4,5)6,23-18-12-8-13-19-23)24-20-14-9-15-21-24/h7-21H,1-6H3/t29-/m0/s1. The summed E-state index contributed by atoms with van der Waals surface area (Å²) in [6, 6.07) is 30.9. The van der Waals surface area contributed by atoms with E-state index in [1.54, 1.807) is 0 Å². The van der Waals surface area contributed by atoms with Crippen molar-refractivity contribution < 1.29 is 4.21 Å². The summed E-state index contributed by atoms with van der Waals surface area (Å²) in [4.78, 5) is 0.811. The molecule has 3 aromatic rings. The van der Waals surface area contributed by atoms with Crippen molar-refractivity contribution in [2.45, 2.75) is 56.2 Å². The minimum atomic E-state index is -2.83. The third-order valence-electron chi connectivity index (χ3n) is 5.63. The molecule has 1 atom stereocenters. The lowest BCUT2D eigenvalue weighted by molar-refractivity contribution is 0.639. The van der Waals surface area contributed by atoms with Crippen molar-refractivity contribution in [3.05, 3.63) is 91.0 Å². The predicted octanol–water partition coefficient (Wildman–Crippen LogP) is 5.87. The number of rotatable bonds is 4. The Morgan fingerprint density at radius 3 is 1.33 bits per heavy atom. The Morgan fingerprint density at radius 2 is 1.00 bits per heavy atom. The van der Waals surface area contributed by atoms with Crippen LogP contribution < -0.4 is 10.4 Å². The zero-order valence-corrected chi connectivity index (χ0v) is 20.7. The van der Waals surface area contributed by atoms with Gasteiger partial charge in [0.25, 0.3) is 8.24 Å². The molecule has 0 aromatic heterocycles. The van der Waals surface area contributed by atoms with Crippen LogP contribution >= 0.6 is 0 Å². The molecular formula is C26H33NOSSi. The summed E-state index contributed by atoms with van der Waals surface area (Å²) < 4.78 is 19.9. The van der Waals surface area contributed by atoms with Crippen molar-refractivity contribution in [2.24, 2.45) is 4.03 Å². The molecule has 0 radical (unpaired) electrons. The van der Waals surface area contributed by atoms with Crippen LogP contribution in [-0.2, 0) is 9.73 Å². The molecule has 0 bridgehead atoms. The van der Waals surface area contributed by atoms with Crippen LogP contribution in [0.4, 0.5) is 0 Å². The molecule has 3 rings (SSSR count). The fourth-order valence-electron chi connectivity index (χ4n) is 3.97. The molecule has 0 saturated carbocycles. The molecule has 0 heterocycles. The highest BCUT2D eigenvalue weighted by Crippen LogP contribution is 2.40. The molecule has 0 spiro atoms. The third-order valence-corrected chi connectivity index (χ3v) is 14.8. The molecule has 0 fully saturated rings. The lowest BCUT2D eigenvalue weighted by Gasteiger charge is -2.42. The van der Waals surface area contributed by atoms with Gasteiger partial charge in [0.15, 0.2) is 0 Å². The van der Waals surface area contributed by atoms with E-state index >= 15 is 0 Å². The maximum Gasteiger partial charge on any atom is 0.260 e. The molecule has 0 unspecified atom stereocenters. The average Bonchev–Trinajstić information content (AvgIpc) is 2.72. The summed E-state index contributed by atoms with van der Waals surface area (Å²) in [5.74, 6) is 0. The second-order valence-electron chi connectivity index (χ2n) is 9.74. The summed E-state index contributed by atoms with van der Waals surface area (Å²) in [6.45, 7) is 12.9. The van der Waals surface area contributed by atoms with Gasteiger partial charge in [0.1, 0.15) is 0 Å². The van der Waals surface area contributed by atoms with Gasteiger partial charge in [0.2, 0.25) is 0 Å².